The third-order valence-corrected chi connectivity index (χ3v) is 3.90. The third-order valence-electron chi connectivity index (χ3n) is 3.90. The quantitative estimate of drug-likeness (QED) is 0.663. The van der Waals surface area contributed by atoms with Crippen LogP contribution < -0.4 is 15.2 Å². The molecule has 2 aromatic rings. The highest BCUT2D eigenvalue weighted by molar-refractivity contribution is 6.39. The first-order valence-corrected chi connectivity index (χ1v) is 7.50. The van der Waals surface area contributed by atoms with Crippen molar-refractivity contribution < 1.29 is 22.6 Å². The van der Waals surface area contributed by atoms with Crippen LogP contribution in [-0.2, 0) is 6.42 Å². The molecule has 0 saturated heterocycles. The zero-order chi connectivity index (χ0) is 18.4. The number of fused-ring (bicyclic) bond motifs is 1. The molecule has 25 heavy (non-hydrogen) atoms. The van der Waals surface area contributed by atoms with E-state index >= 15 is 0 Å². The number of nitrogen functional groups attached to an aromatic ring is 1. The van der Waals surface area contributed by atoms with E-state index in [9.17, 15) is 18.4 Å². The predicted octanol–water partition coefficient (Wildman–Crippen LogP) is 1.56. The van der Waals surface area contributed by atoms with Crippen LogP contribution in [0, 0.1) is 11.3 Å². The maximum atomic E-state index is 12.3. The van der Waals surface area contributed by atoms with E-state index in [4.69, 9.17) is 10.5 Å². The van der Waals surface area contributed by atoms with Gasteiger partial charge in [0.2, 0.25) is 0 Å². The van der Waals surface area contributed by atoms with Crippen LogP contribution >= 0.6 is 0 Å². The fraction of sp³-hybridized carbons (Fsp3) is 0.188. The molecule has 0 saturated carbocycles. The van der Waals surface area contributed by atoms with Crippen LogP contribution in [-0.4, -0.2) is 27.5 Å². The Kier molecular flexibility index (Phi) is 3.87. The van der Waals surface area contributed by atoms with Gasteiger partial charge >= 0.3 is 6.36 Å². The van der Waals surface area contributed by atoms with Gasteiger partial charge in [-0.15, -0.1) is 13.2 Å². The Morgan fingerprint density at radius 2 is 1.88 bits per heavy atom. The molecule has 0 bridgehead atoms. The fourth-order valence-corrected chi connectivity index (χ4v) is 2.95. The van der Waals surface area contributed by atoms with Crippen molar-refractivity contribution in [2.45, 2.75) is 18.2 Å². The SMILES string of the molecule is BC1(B)Cc2c(C#N)c(N)cc(-c3ccc(OC(F)(F)F)cc3)c2O1. The molecule has 1 heterocycles. The van der Waals surface area contributed by atoms with Crippen molar-refractivity contribution in [3.8, 4) is 28.7 Å². The summed E-state index contributed by atoms with van der Waals surface area (Å²) in [7, 11) is 3.79. The number of nitriles is 1. The van der Waals surface area contributed by atoms with Crippen molar-refractivity contribution in [2.75, 3.05) is 5.73 Å². The van der Waals surface area contributed by atoms with Crippen molar-refractivity contribution in [1.29, 1.82) is 5.26 Å². The Morgan fingerprint density at radius 1 is 1.24 bits per heavy atom. The highest BCUT2D eigenvalue weighted by atomic mass is 19.4. The summed E-state index contributed by atoms with van der Waals surface area (Å²) < 4.78 is 46.7. The molecule has 0 unspecified atom stereocenters. The second-order valence-corrected chi connectivity index (χ2v) is 6.42. The number of nitrogens with zero attached hydrogens (tertiary/aromatic N) is 1. The van der Waals surface area contributed by atoms with Crippen LogP contribution in [0.2, 0.25) is 0 Å². The van der Waals surface area contributed by atoms with Crippen LogP contribution in [0.4, 0.5) is 18.9 Å². The molecule has 0 aliphatic carbocycles. The molecular formula is C16H13B2F3N2O2. The Morgan fingerprint density at radius 3 is 2.44 bits per heavy atom. The second-order valence-electron chi connectivity index (χ2n) is 6.42. The average Bonchev–Trinajstić information content (AvgIpc) is 2.81. The standard InChI is InChI=1S/C16H13B2F3N2O2/c17-15(18)6-11-12(7-22)13(23)5-10(14(11)25-15)8-1-3-9(4-2-8)24-16(19,20)21/h1-5H,6,17-18,23H2. The van der Waals surface area contributed by atoms with Gasteiger partial charge in [0.15, 0.2) is 0 Å². The van der Waals surface area contributed by atoms with Crippen LogP contribution in [0.3, 0.4) is 0 Å². The summed E-state index contributed by atoms with van der Waals surface area (Å²) in [5, 5.41) is 8.86. The number of alkyl halides is 3. The number of anilines is 1. The normalized spacial score (nSPS) is 15.1. The summed E-state index contributed by atoms with van der Waals surface area (Å²) in [6, 6.07) is 9.15. The number of rotatable bonds is 2. The van der Waals surface area contributed by atoms with Gasteiger partial charge in [-0.3, -0.25) is 0 Å². The first-order valence-electron chi connectivity index (χ1n) is 7.50. The van der Waals surface area contributed by atoms with Gasteiger partial charge < -0.3 is 15.2 Å². The van der Waals surface area contributed by atoms with Crippen LogP contribution in [0.5, 0.6) is 11.5 Å². The summed E-state index contributed by atoms with van der Waals surface area (Å²) in [4.78, 5) is 0. The van der Waals surface area contributed by atoms with E-state index in [2.05, 4.69) is 10.8 Å². The lowest BCUT2D eigenvalue weighted by molar-refractivity contribution is -0.274. The zero-order valence-electron chi connectivity index (χ0n) is 13.6. The van der Waals surface area contributed by atoms with Crippen molar-refractivity contribution in [3.05, 3.63) is 41.5 Å². The number of ether oxygens (including phenoxy) is 2. The number of benzene rings is 2. The van der Waals surface area contributed by atoms with E-state index in [0.29, 0.717) is 34.5 Å². The van der Waals surface area contributed by atoms with Gasteiger partial charge in [-0.1, -0.05) is 12.1 Å². The monoisotopic (exact) mass is 344 g/mol. The summed E-state index contributed by atoms with van der Waals surface area (Å²) in [5.41, 5.74) is 8.66. The maximum Gasteiger partial charge on any atom is 0.573 e. The Labute approximate surface area is 144 Å². The molecule has 2 aromatic carbocycles. The predicted molar refractivity (Wildman–Crippen MR) is 91.8 cm³/mol. The molecule has 2 N–H and O–H groups in total. The minimum Gasteiger partial charge on any atom is -0.504 e. The molecule has 0 fully saturated rings. The zero-order valence-corrected chi connectivity index (χ0v) is 13.6. The van der Waals surface area contributed by atoms with Gasteiger partial charge in [0.05, 0.1) is 11.3 Å². The summed E-state index contributed by atoms with van der Waals surface area (Å²) >= 11 is 0. The van der Waals surface area contributed by atoms with E-state index in [0.717, 1.165) is 5.56 Å². The minimum atomic E-state index is -4.74. The van der Waals surface area contributed by atoms with E-state index in [1.54, 1.807) is 6.07 Å². The molecule has 0 amide bonds. The van der Waals surface area contributed by atoms with Gasteiger partial charge in [0, 0.05) is 22.9 Å². The van der Waals surface area contributed by atoms with E-state index < -0.39 is 11.8 Å². The number of hydrogen-bond acceptors (Lipinski definition) is 4. The van der Waals surface area contributed by atoms with Crippen molar-refractivity contribution in [2.24, 2.45) is 0 Å². The maximum absolute atomic E-state index is 12.3. The van der Waals surface area contributed by atoms with Gasteiger partial charge in [-0.2, -0.15) is 5.26 Å². The van der Waals surface area contributed by atoms with E-state index in [-0.39, 0.29) is 5.75 Å². The molecular weight excluding hydrogens is 331 g/mol. The fourth-order valence-electron chi connectivity index (χ4n) is 2.95. The minimum absolute atomic E-state index is 0.309. The molecule has 0 aromatic heterocycles. The highest BCUT2D eigenvalue weighted by Gasteiger charge is 2.35. The van der Waals surface area contributed by atoms with Crippen molar-refractivity contribution >= 4 is 21.4 Å². The van der Waals surface area contributed by atoms with Gasteiger partial charge in [0.25, 0.3) is 0 Å². The molecule has 1 aliphatic heterocycles. The van der Waals surface area contributed by atoms with Crippen molar-refractivity contribution in [3.63, 3.8) is 0 Å². The summed E-state index contributed by atoms with van der Waals surface area (Å²) in [6.07, 6.45) is -4.21. The summed E-state index contributed by atoms with van der Waals surface area (Å²) in [5.74, 6) is 0.232. The molecule has 0 spiro atoms. The highest BCUT2D eigenvalue weighted by Crippen LogP contribution is 2.45. The van der Waals surface area contributed by atoms with E-state index in [1.165, 1.54) is 24.3 Å². The first-order chi connectivity index (χ1) is 11.6. The molecule has 9 heteroatoms. The largest absolute Gasteiger partial charge is 0.573 e. The van der Waals surface area contributed by atoms with Crippen LogP contribution in [0.1, 0.15) is 11.1 Å². The summed E-state index contributed by atoms with van der Waals surface area (Å²) in [6.45, 7) is 0. The molecule has 0 radical (unpaired) electrons. The Balaban J connectivity index is 2.06. The third kappa shape index (κ3) is 3.38. The molecule has 0 atom stereocenters. The smallest absolute Gasteiger partial charge is 0.504 e. The number of hydrogen-bond donors (Lipinski definition) is 1. The molecule has 4 nitrogen and oxygen atoms in total. The van der Waals surface area contributed by atoms with Crippen LogP contribution in [0.25, 0.3) is 11.1 Å². The number of halogens is 3. The van der Waals surface area contributed by atoms with Gasteiger partial charge in [-0.25, -0.2) is 0 Å². The topological polar surface area (TPSA) is 68.3 Å². The molecule has 126 valence electrons. The Bertz CT molecular complexity index is 875. The first kappa shape index (κ1) is 17.1. The Hall–Kier alpha value is -2.75. The lowest BCUT2D eigenvalue weighted by Crippen LogP contribution is -2.35. The molecule has 1 aliphatic rings. The van der Waals surface area contributed by atoms with Crippen LogP contribution in [0.15, 0.2) is 30.3 Å². The lowest BCUT2D eigenvalue weighted by atomic mass is 9.63. The molecule has 3 rings (SSSR count). The van der Waals surface area contributed by atoms with Crippen molar-refractivity contribution in [1.82, 2.24) is 0 Å². The van der Waals surface area contributed by atoms with Gasteiger partial charge in [-0.05, 0) is 23.8 Å². The van der Waals surface area contributed by atoms with Gasteiger partial charge in [0.1, 0.15) is 33.3 Å². The second kappa shape index (κ2) is 5.66. The lowest BCUT2D eigenvalue weighted by Gasteiger charge is -2.19. The van der Waals surface area contributed by atoms with E-state index in [1.807, 2.05) is 15.7 Å². The number of nitrogens with two attached hydrogens (primary N) is 1. The average molecular weight is 344 g/mol.